The molecule has 29 heavy (non-hydrogen) atoms. The fourth-order valence-corrected chi connectivity index (χ4v) is 3.88. The molecule has 1 N–H and O–H groups in total. The molecule has 1 amide bonds. The smallest absolute Gasteiger partial charge is 0.311 e. The quantitative estimate of drug-likeness (QED) is 0.424. The molecule has 7 nitrogen and oxygen atoms in total. The van der Waals surface area contributed by atoms with Gasteiger partial charge in [-0.3, -0.25) is 19.8 Å². The van der Waals surface area contributed by atoms with Crippen LogP contribution in [0.5, 0.6) is 5.75 Å². The van der Waals surface area contributed by atoms with E-state index in [1.807, 2.05) is 45.0 Å². The van der Waals surface area contributed by atoms with Gasteiger partial charge in [-0.25, -0.2) is 4.99 Å². The Balaban J connectivity index is 2.00. The van der Waals surface area contributed by atoms with E-state index in [1.165, 1.54) is 30.0 Å². The lowest BCUT2D eigenvalue weighted by Crippen LogP contribution is -2.36. The van der Waals surface area contributed by atoms with Gasteiger partial charge in [0.25, 0.3) is 5.91 Å². The summed E-state index contributed by atoms with van der Waals surface area (Å²) in [5, 5.41) is 21.3. The van der Waals surface area contributed by atoms with Gasteiger partial charge in [0.05, 0.1) is 15.5 Å². The second-order valence-electron chi connectivity index (χ2n) is 6.78. The molecule has 2 aromatic carbocycles. The van der Waals surface area contributed by atoms with Gasteiger partial charge in [0.2, 0.25) is 0 Å². The average Bonchev–Trinajstić information content (AvgIpc) is 2.99. The molecule has 0 radical (unpaired) electrons. The van der Waals surface area contributed by atoms with Gasteiger partial charge in [-0.1, -0.05) is 30.7 Å². The normalized spacial score (nSPS) is 17.9. The molecule has 1 aliphatic rings. The Kier molecular flexibility index (Phi) is 6.03. The highest BCUT2D eigenvalue weighted by Crippen LogP contribution is 2.37. The number of phenols is 1. The van der Waals surface area contributed by atoms with E-state index in [0.29, 0.717) is 15.6 Å². The molecule has 8 heteroatoms. The zero-order valence-electron chi connectivity index (χ0n) is 16.3. The van der Waals surface area contributed by atoms with Crippen LogP contribution in [0.25, 0.3) is 6.08 Å². The summed E-state index contributed by atoms with van der Waals surface area (Å²) in [5.74, 6) is -0.601. The predicted octanol–water partition coefficient (Wildman–Crippen LogP) is 5.01. The van der Waals surface area contributed by atoms with Crippen LogP contribution in [-0.2, 0) is 4.79 Å². The van der Waals surface area contributed by atoms with Crippen LogP contribution < -0.4 is 0 Å². The lowest BCUT2D eigenvalue weighted by molar-refractivity contribution is -0.385. The summed E-state index contributed by atoms with van der Waals surface area (Å²) in [7, 11) is 0. The van der Waals surface area contributed by atoms with Gasteiger partial charge < -0.3 is 5.11 Å². The van der Waals surface area contributed by atoms with E-state index in [0.717, 1.165) is 17.7 Å². The molecule has 150 valence electrons. The molecule has 0 aliphatic carbocycles. The maximum absolute atomic E-state index is 13.0. The van der Waals surface area contributed by atoms with Crippen molar-refractivity contribution < 1.29 is 14.8 Å². The number of amidine groups is 1. The summed E-state index contributed by atoms with van der Waals surface area (Å²) in [6.45, 7) is 5.95. The Morgan fingerprint density at radius 1 is 1.28 bits per heavy atom. The summed E-state index contributed by atoms with van der Waals surface area (Å²) in [5.41, 5.74) is 1.94. The SMILES string of the molecule is CC[C@@H](C)N1C(=O)/C(=C\c2ccc(O)c([N+](=O)[O-])c2)SC1=Nc1ccc(C)cc1. The number of hydrogen-bond acceptors (Lipinski definition) is 6. The van der Waals surface area contributed by atoms with Crippen LogP contribution in [0.4, 0.5) is 11.4 Å². The molecule has 1 heterocycles. The van der Waals surface area contributed by atoms with Crippen LogP contribution in [0.3, 0.4) is 0 Å². The molecule has 3 rings (SSSR count). The van der Waals surface area contributed by atoms with Crippen molar-refractivity contribution in [2.24, 2.45) is 4.99 Å². The minimum Gasteiger partial charge on any atom is -0.502 e. The largest absolute Gasteiger partial charge is 0.502 e. The molecule has 0 saturated carbocycles. The number of nitro groups is 1. The number of carbonyl (C=O) groups is 1. The Morgan fingerprint density at radius 3 is 2.59 bits per heavy atom. The average molecular weight is 411 g/mol. The van der Waals surface area contributed by atoms with Crippen molar-refractivity contribution in [3.63, 3.8) is 0 Å². The van der Waals surface area contributed by atoms with Gasteiger partial charge >= 0.3 is 5.69 Å². The summed E-state index contributed by atoms with van der Waals surface area (Å²) in [6, 6.07) is 11.7. The number of thioether (sulfide) groups is 1. The molecule has 1 aliphatic heterocycles. The first-order valence-corrected chi connectivity index (χ1v) is 9.97. The number of benzene rings is 2. The number of carbonyl (C=O) groups excluding carboxylic acids is 1. The highest BCUT2D eigenvalue weighted by Gasteiger charge is 2.36. The number of nitrogens with zero attached hydrogens (tertiary/aromatic N) is 3. The van der Waals surface area contributed by atoms with Crippen LogP contribution in [-0.4, -0.2) is 32.0 Å². The first-order chi connectivity index (χ1) is 13.8. The Hall–Kier alpha value is -3.13. The minimum atomic E-state index is -0.656. The Labute approximate surface area is 172 Å². The van der Waals surface area contributed by atoms with Crippen LogP contribution >= 0.6 is 11.8 Å². The molecular weight excluding hydrogens is 390 g/mol. The van der Waals surface area contributed by atoms with E-state index >= 15 is 0 Å². The maximum Gasteiger partial charge on any atom is 0.311 e. The second kappa shape index (κ2) is 8.48. The minimum absolute atomic E-state index is 0.0424. The van der Waals surface area contributed by atoms with Gasteiger partial charge in [0, 0.05) is 12.1 Å². The van der Waals surface area contributed by atoms with Crippen molar-refractivity contribution in [3.05, 3.63) is 68.6 Å². The van der Waals surface area contributed by atoms with Gasteiger partial charge in [0.15, 0.2) is 10.9 Å². The van der Waals surface area contributed by atoms with Crippen LogP contribution in [0.15, 0.2) is 52.4 Å². The van der Waals surface area contributed by atoms with Crippen LogP contribution in [0, 0.1) is 17.0 Å². The van der Waals surface area contributed by atoms with Crippen LogP contribution in [0.2, 0.25) is 0 Å². The summed E-state index contributed by atoms with van der Waals surface area (Å²) < 4.78 is 0. The van der Waals surface area contributed by atoms with Crippen molar-refractivity contribution in [1.29, 1.82) is 0 Å². The molecule has 2 aromatic rings. The molecular formula is C21H21N3O4S. The first-order valence-electron chi connectivity index (χ1n) is 9.16. The molecule has 0 spiro atoms. The molecule has 1 fully saturated rings. The number of aromatic hydroxyl groups is 1. The highest BCUT2D eigenvalue weighted by atomic mass is 32.2. The molecule has 0 aromatic heterocycles. The number of aryl methyl sites for hydroxylation is 1. The van der Waals surface area contributed by atoms with Crippen LogP contribution in [0.1, 0.15) is 31.4 Å². The fourth-order valence-electron chi connectivity index (χ4n) is 2.79. The van der Waals surface area contributed by atoms with E-state index in [9.17, 15) is 20.0 Å². The predicted molar refractivity (Wildman–Crippen MR) is 115 cm³/mol. The summed E-state index contributed by atoms with van der Waals surface area (Å²) in [6.07, 6.45) is 2.35. The highest BCUT2D eigenvalue weighted by molar-refractivity contribution is 8.18. The molecule has 1 atom stereocenters. The number of nitro benzene ring substituents is 1. The van der Waals surface area contributed by atoms with Gasteiger partial charge in [-0.15, -0.1) is 0 Å². The monoisotopic (exact) mass is 411 g/mol. The summed E-state index contributed by atoms with van der Waals surface area (Å²) in [4.78, 5) is 30.2. The van der Waals surface area contributed by atoms with Gasteiger partial charge in [0.1, 0.15) is 0 Å². The third-order valence-electron chi connectivity index (χ3n) is 4.62. The third kappa shape index (κ3) is 4.48. The standard InChI is InChI=1S/C21H21N3O4S/c1-4-14(3)23-20(26)19(12-15-7-10-18(25)17(11-15)24(27)28)29-21(23)22-16-8-5-13(2)6-9-16/h5-12,14,25H,4H2,1-3H3/b19-12+,22-21?/t14-/m1/s1. The molecule has 1 saturated heterocycles. The van der Waals surface area contributed by atoms with Crippen molar-refractivity contribution >= 4 is 40.3 Å². The lowest BCUT2D eigenvalue weighted by atomic mass is 10.1. The van der Waals surface area contributed by atoms with Crippen molar-refractivity contribution in [2.45, 2.75) is 33.2 Å². The zero-order chi connectivity index (χ0) is 21.1. The number of hydrogen-bond donors (Lipinski definition) is 1. The van der Waals surface area contributed by atoms with E-state index in [2.05, 4.69) is 4.99 Å². The molecule has 0 bridgehead atoms. The number of amides is 1. The fraction of sp³-hybridized carbons (Fsp3) is 0.238. The number of phenolic OH excluding ortho intramolecular Hbond substituents is 1. The first kappa shape index (κ1) is 20.6. The van der Waals surface area contributed by atoms with Crippen molar-refractivity contribution in [1.82, 2.24) is 4.90 Å². The lowest BCUT2D eigenvalue weighted by Gasteiger charge is -2.22. The van der Waals surface area contributed by atoms with E-state index in [1.54, 1.807) is 11.0 Å². The van der Waals surface area contributed by atoms with Gasteiger partial charge in [-0.05, 0) is 61.9 Å². The van der Waals surface area contributed by atoms with E-state index in [4.69, 9.17) is 0 Å². The third-order valence-corrected chi connectivity index (χ3v) is 5.60. The Bertz CT molecular complexity index is 1020. The van der Waals surface area contributed by atoms with E-state index in [-0.39, 0.29) is 11.9 Å². The van der Waals surface area contributed by atoms with Crippen molar-refractivity contribution in [2.75, 3.05) is 0 Å². The number of aliphatic imine (C=N–C) groups is 1. The Morgan fingerprint density at radius 2 is 1.97 bits per heavy atom. The summed E-state index contributed by atoms with van der Waals surface area (Å²) >= 11 is 1.24. The zero-order valence-corrected chi connectivity index (χ0v) is 17.1. The topological polar surface area (TPSA) is 96.0 Å². The number of rotatable bonds is 5. The molecule has 0 unspecified atom stereocenters. The maximum atomic E-state index is 13.0. The second-order valence-corrected chi connectivity index (χ2v) is 7.79. The van der Waals surface area contributed by atoms with Crippen molar-refractivity contribution in [3.8, 4) is 5.75 Å². The van der Waals surface area contributed by atoms with Gasteiger partial charge in [-0.2, -0.15) is 0 Å². The van der Waals surface area contributed by atoms with E-state index < -0.39 is 16.4 Å².